The molecular formula is C14H19N3S2. The first kappa shape index (κ1) is 14.4. The van der Waals surface area contributed by atoms with E-state index in [0.717, 1.165) is 17.2 Å². The maximum atomic E-state index is 5.91. The van der Waals surface area contributed by atoms with Gasteiger partial charge in [-0.1, -0.05) is 6.07 Å². The second kappa shape index (κ2) is 6.41. The minimum Gasteiger partial charge on any atom is -0.368 e. The molecule has 0 aliphatic heterocycles. The van der Waals surface area contributed by atoms with Crippen molar-refractivity contribution in [3.8, 4) is 0 Å². The molecule has 2 aromatic rings. The zero-order chi connectivity index (χ0) is 13.8. The van der Waals surface area contributed by atoms with E-state index in [1.807, 2.05) is 6.92 Å². The maximum absolute atomic E-state index is 5.91. The summed E-state index contributed by atoms with van der Waals surface area (Å²) in [6.07, 6.45) is 2.09. The van der Waals surface area contributed by atoms with Crippen LogP contribution in [0.4, 0.5) is 5.69 Å². The van der Waals surface area contributed by atoms with Crippen LogP contribution in [0.5, 0.6) is 0 Å². The smallest absolute Gasteiger partial charge is 0.0898 e. The van der Waals surface area contributed by atoms with Gasteiger partial charge in [0.05, 0.1) is 17.2 Å². The first-order valence-electron chi connectivity index (χ1n) is 6.13. The van der Waals surface area contributed by atoms with Crippen LogP contribution in [-0.4, -0.2) is 18.3 Å². The average Bonchev–Trinajstić information content (AvgIpc) is 2.82. The lowest BCUT2D eigenvalue weighted by Crippen LogP contribution is -2.19. The lowest BCUT2D eigenvalue weighted by molar-refractivity contribution is 0.870. The molecule has 0 fully saturated rings. The average molecular weight is 293 g/mol. The van der Waals surface area contributed by atoms with Crippen molar-refractivity contribution in [1.29, 1.82) is 0 Å². The van der Waals surface area contributed by atoms with Crippen molar-refractivity contribution in [3.05, 3.63) is 39.8 Å². The molecule has 0 bridgehead atoms. The first-order valence-corrected chi connectivity index (χ1v) is 8.24. The van der Waals surface area contributed by atoms with Crippen LogP contribution in [0, 0.1) is 6.92 Å². The summed E-state index contributed by atoms with van der Waals surface area (Å²) in [7, 11) is 2.09. The van der Waals surface area contributed by atoms with Crippen LogP contribution < -0.4 is 10.6 Å². The van der Waals surface area contributed by atoms with E-state index in [1.165, 1.54) is 16.1 Å². The molecule has 0 atom stereocenters. The van der Waals surface area contributed by atoms with E-state index in [-0.39, 0.29) is 0 Å². The molecule has 1 aromatic carbocycles. The largest absolute Gasteiger partial charge is 0.368 e. The van der Waals surface area contributed by atoms with Gasteiger partial charge in [-0.2, -0.15) is 0 Å². The fraction of sp³-hybridized carbons (Fsp3) is 0.357. The number of anilines is 1. The van der Waals surface area contributed by atoms with Crippen LogP contribution in [-0.2, 0) is 13.1 Å². The number of rotatable bonds is 5. The highest BCUT2D eigenvalue weighted by Crippen LogP contribution is 2.29. The first-order chi connectivity index (χ1) is 9.15. The molecule has 102 valence electrons. The Morgan fingerprint density at radius 1 is 1.42 bits per heavy atom. The van der Waals surface area contributed by atoms with Crippen molar-refractivity contribution < 1.29 is 0 Å². The van der Waals surface area contributed by atoms with Gasteiger partial charge < -0.3 is 10.6 Å². The quantitative estimate of drug-likeness (QED) is 0.859. The van der Waals surface area contributed by atoms with E-state index in [9.17, 15) is 0 Å². The summed E-state index contributed by atoms with van der Waals surface area (Å²) in [5.74, 6) is 0. The number of benzene rings is 1. The molecule has 1 aromatic heterocycles. The second-order valence-electron chi connectivity index (χ2n) is 4.38. The van der Waals surface area contributed by atoms with Crippen LogP contribution in [0.2, 0.25) is 0 Å². The van der Waals surface area contributed by atoms with Crippen LogP contribution >= 0.6 is 23.1 Å². The molecule has 0 spiro atoms. The van der Waals surface area contributed by atoms with Gasteiger partial charge >= 0.3 is 0 Å². The summed E-state index contributed by atoms with van der Waals surface area (Å²) >= 11 is 3.43. The molecule has 1 heterocycles. The predicted octanol–water partition coefficient (Wildman–Crippen LogP) is 3.27. The number of aryl methyl sites for hydroxylation is 1. The Labute approximate surface area is 122 Å². The number of hydrogen-bond donors (Lipinski definition) is 1. The lowest BCUT2D eigenvalue weighted by Gasteiger charge is -2.22. The number of nitrogens with two attached hydrogens (primary N) is 1. The molecule has 0 saturated heterocycles. The Morgan fingerprint density at radius 3 is 2.79 bits per heavy atom. The Balaban J connectivity index is 2.25. The summed E-state index contributed by atoms with van der Waals surface area (Å²) in [6, 6.07) is 6.33. The van der Waals surface area contributed by atoms with Gasteiger partial charge in [-0.3, -0.25) is 0 Å². The Bertz CT molecular complexity index is 551. The summed E-state index contributed by atoms with van der Waals surface area (Å²) in [4.78, 5) is 7.98. The highest BCUT2D eigenvalue weighted by atomic mass is 32.2. The molecule has 19 heavy (non-hydrogen) atoms. The van der Waals surface area contributed by atoms with Crippen molar-refractivity contribution in [2.75, 3.05) is 18.2 Å². The number of nitrogens with zero attached hydrogens (tertiary/aromatic N) is 2. The third kappa shape index (κ3) is 3.29. The van der Waals surface area contributed by atoms with Gasteiger partial charge in [0.2, 0.25) is 0 Å². The second-order valence-corrected chi connectivity index (χ2v) is 6.29. The van der Waals surface area contributed by atoms with E-state index in [4.69, 9.17) is 5.73 Å². The molecule has 0 aliphatic rings. The maximum Gasteiger partial charge on any atom is 0.0898 e. The van der Waals surface area contributed by atoms with Crippen LogP contribution in [0.15, 0.2) is 28.5 Å². The van der Waals surface area contributed by atoms with Crippen molar-refractivity contribution in [2.45, 2.75) is 24.9 Å². The fourth-order valence-electron chi connectivity index (χ4n) is 2.12. The standard InChI is InChI=1S/C14H19N3S2/c1-10-16-11(9-19-10)8-17(2)13-5-4-6-14(18-3)12(13)7-15/h4-6,9H,7-8,15H2,1-3H3. The zero-order valence-corrected chi connectivity index (χ0v) is 13.1. The molecular weight excluding hydrogens is 274 g/mol. The van der Waals surface area contributed by atoms with Crippen molar-refractivity contribution in [1.82, 2.24) is 4.98 Å². The molecule has 3 nitrogen and oxygen atoms in total. The zero-order valence-electron chi connectivity index (χ0n) is 11.5. The van der Waals surface area contributed by atoms with Gasteiger partial charge in [0.1, 0.15) is 0 Å². The molecule has 2 rings (SSSR count). The van der Waals surface area contributed by atoms with E-state index in [1.54, 1.807) is 23.1 Å². The van der Waals surface area contributed by atoms with Crippen molar-refractivity contribution in [3.63, 3.8) is 0 Å². The topological polar surface area (TPSA) is 42.2 Å². The molecule has 0 aliphatic carbocycles. The number of hydrogen-bond acceptors (Lipinski definition) is 5. The highest BCUT2D eigenvalue weighted by molar-refractivity contribution is 7.98. The van der Waals surface area contributed by atoms with Gasteiger partial charge in [-0.25, -0.2) is 4.98 Å². The van der Waals surface area contributed by atoms with Crippen molar-refractivity contribution in [2.24, 2.45) is 5.73 Å². The minimum atomic E-state index is 0.562. The van der Waals surface area contributed by atoms with E-state index >= 15 is 0 Å². The van der Waals surface area contributed by atoms with Crippen LogP contribution in [0.1, 0.15) is 16.3 Å². The predicted molar refractivity (Wildman–Crippen MR) is 85.1 cm³/mol. The van der Waals surface area contributed by atoms with Gasteiger partial charge in [-0.15, -0.1) is 23.1 Å². The summed E-state index contributed by atoms with van der Waals surface area (Å²) in [6.45, 7) is 3.41. The third-order valence-electron chi connectivity index (χ3n) is 3.01. The lowest BCUT2D eigenvalue weighted by atomic mass is 10.1. The number of thiazole rings is 1. The Kier molecular flexibility index (Phi) is 4.85. The summed E-state index contributed by atoms with van der Waals surface area (Å²) < 4.78 is 0. The fourth-order valence-corrected chi connectivity index (χ4v) is 3.37. The summed E-state index contributed by atoms with van der Waals surface area (Å²) in [5.41, 5.74) is 9.43. The van der Waals surface area contributed by atoms with Crippen molar-refractivity contribution >= 4 is 28.8 Å². The highest BCUT2D eigenvalue weighted by Gasteiger charge is 2.11. The normalized spacial score (nSPS) is 10.7. The van der Waals surface area contributed by atoms with Gasteiger partial charge in [-0.05, 0) is 25.3 Å². The van der Waals surface area contributed by atoms with E-state index < -0.39 is 0 Å². The molecule has 2 N–H and O–H groups in total. The molecule has 0 radical (unpaired) electrons. The van der Waals surface area contributed by atoms with E-state index in [0.29, 0.717) is 6.54 Å². The SMILES string of the molecule is CSc1cccc(N(C)Cc2csc(C)n2)c1CN. The van der Waals surface area contributed by atoms with Gasteiger partial charge in [0.15, 0.2) is 0 Å². The Morgan fingerprint density at radius 2 is 2.21 bits per heavy atom. The third-order valence-corrected chi connectivity index (χ3v) is 4.65. The van der Waals surface area contributed by atoms with Crippen LogP contribution in [0.25, 0.3) is 0 Å². The molecule has 5 heteroatoms. The van der Waals surface area contributed by atoms with E-state index in [2.05, 4.69) is 46.8 Å². The monoisotopic (exact) mass is 293 g/mol. The molecule has 0 amide bonds. The molecule has 0 saturated carbocycles. The number of thioether (sulfide) groups is 1. The Hall–Kier alpha value is -1.04. The van der Waals surface area contributed by atoms with Crippen LogP contribution in [0.3, 0.4) is 0 Å². The summed E-state index contributed by atoms with van der Waals surface area (Å²) in [5, 5.41) is 3.23. The molecule has 0 unspecified atom stereocenters. The minimum absolute atomic E-state index is 0.562. The van der Waals surface area contributed by atoms with Gasteiger partial charge in [0.25, 0.3) is 0 Å². The number of aromatic nitrogens is 1. The van der Waals surface area contributed by atoms with Gasteiger partial charge in [0, 0.05) is 35.1 Å².